The Balaban J connectivity index is 0.00000541. The number of imidazole rings is 1. The molecule has 9 N–H and O–H groups in total. The van der Waals surface area contributed by atoms with Crippen molar-refractivity contribution in [1.29, 1.82) is 0 Å². The summed E-state index contributed by atoms with van der Waals surface area (Å²) in [6.07, 6.45) is -8.19. The molecule has 0 saturated carbocycles. The van der Waals surface area contributed by atoms with Gasteiger partial charge in [0.05, 0.1) is 25.1 Å². The Morgan fingerprint density at radius 2 is 1.71 bits per heavy atom. The number of nitrogens with zero attached hydrogens (tertiary/aromatic N) is 5. The molecule has 5 unspecified atom stereocenters. The zero-order valence-corrected chi connectivity index (χ0v) is 30.4. The number of nitrogens with two attached hydrogens (primary N) is 2. The Kier molecular flexibility index (Phi) is 12.9. The van der Waals surface area contributed by atoms with Crippen LogP contribution < -0.4 is 55.4 Å². The van der Waals surface area contributed by atoms with Gasteiger partial charge in [-0.25, -0.2) is 23.8 Å². The van der Waals surface area contributed by atoms with Crippen molar-refractivity contribution in [2.24, 2.45) is 5.73 Å². The molecule has 264 valence electrons. The first-order valence-corrected chi connectivity index (χ1v) is 18.2. The van der Waals surface area contributed by atoms with Gasteiger partial charge in [-0.15, -0.1) is 0 Å². The third-order valence-electron chi connectivity index (χ3n) is 6.97. The van der Waals surface area contributed by atoms with Crippen LogP contribution in [0.15, 0.2) is 37.2 Å². The molecule has 11 atom stereocenters. The number of phosphoric ester groups is 3. The number of hydrogen-bond donors (Lipinski definition) is 7. The normalized spacial score (nSPS) is 30.7. The maximum Gasteiger partial charge on any atom is 1.00 e. The molecule has 28 heteroatoms. The Hall–Kier alpha value is -1.44. The van der Waals surface area contributed by atoms with Gasteiger partial charge in [0.15, 0.2) is 36.2 Å². The van der Waals surface area contributed by atoms with Crippen LogP contribution in [0.2, 0.25) is 0 Å². The van der Waals surface area contributed by atoms with Gasteiger partial charge in [-0.3, -0.25) is 18.2 Å². The molecule has 49 heavy (non-hydrogen) atoms. The minimum atomic E-state index is -5.70. The molecule has 23 nitrogen and oxygen atoms in total. The summed E-state index contributed by atoms with van der Waals surface area (Å²) < 4.78 is 67.9. The molecule has 0 bridgehead atoms. The van der Waals surface area contributed by atoms with Gasteiger partial charge in [0.1, 0.15) is 47.4 Å². The van der Waals surface area contributed by atoms with Crippen molar-refractivity contribution in [1.82, 2.24) is 19.5 Å². The van der Waals surface area contributed by atoms with Crippen LogP contribution in [0.4, 0.5) is 5.82 Å². The Bertz CT molecular complexity index is 1820. The Morgan fingerprint density at radius 3 is 2.39 bits per heavy atom. The molecule has 5 rings (SSSR count). The summed E-state index contributed by atoms with van der Waals surface area (Å²) >= 11 is 4.91. The number of phosphoric acid groups is 3. The van der Waals surface area contributed by atoms with Crippen LogP contribution in [0.3, 0.4) is 0 Å². The van der Waals surface area contributed by atoms with Gasteiger partial charge in [-0.2, -0.15) is 4.57 Å². The number of hydrogen-bond acceptors (Lipinski definition) is 19. The molecular weight excluding hydrogens is 754 g/mol. The van der Waals surface area contributed by atoms with E-state index in [-0.39, 0.29) is 51.5 Å². The third kappa shape index (κ3) is 9.52. The fraction of sp³-hybridized carbons (Fsp3) is 0.476. The molecule has 2 aliphatic heterocycles. The number of pyridine rings is 1. The molecule has 5 heterocycles. The molecule has 0 radical (unpaired) electrons. The van der Waals surface area contributed by atoms with Gasteiger partial charge in [-0.05, 0) is 6.07 Å². The van der Waals surface area contributed by atoms with Gasteiger partial charge >= 0.3 is 37.4 Å². The minimum Gasteiger partial charge on any atom is -0.756 e. The smallest absolute Gasteiger partial charge is 0.756 e. The molecule has 0 aliphatic carbocycles. The van der Waals surface area contributed by atoms with Crippen LogP contribution in [-0.4, -0.2) is 99.5 Å². The summed E-state index contributed by atoms with van der Waals surface area (Å²) in [4.78, 5) is 55.0. The van der Waals surface area contributed by atoms with E-state index in [1.54, 1.807) is 6.07 Å². The molecule has 2 saturated heterocycles. The topological polar surface area (TPSA) is 353 Å². The van der Waals surface area contributed by atoms with Crippen molar-refractivity contribution < 1.29 is 110 Å². The average molecular weight is 781 g/mol. The number of ether oxygens (including phenoxy) is 2. The van der Waals surface area contributed by atoms with Gasteiger partial charge < -0.3 is 64.9 Å². The molecule has 3 aromatic heterocycles. The standard InChI is InChI=1S/C21H28N7O16P3S.Na/c22-17-12-19(25-7-24-17)28(8-26-12)21-16(43-45(32,33)34)14(30)11(42-21)6-40-47(37,38)44-46(35,36)39-5-10-13(29)15(31)20(41-10)27-3-1-2-9(4-27)18(23)48;/h1-4,7-8,10-11,13-16,20-21,29-31H,5-6H2,(H7-,22,23,24,25,32,33,34,35,36,37,38,48);/q;+1/p-1/t10-,11+,13?,14-,15?,16+,20+,21+;/m0./s1. The van der Waals surface area contributed by atoms with Crippen molar-refractivity contribution >= 4 is 57.7 Å². The molecule has 2 aliphatic rings. The zero-order valence-electron chi connectivity index (χ0n) is 24.9. The van der Waals surface area contributed by atoms with Gasteiger partial charge in [0.25, 0.3) is 21.9 Å². The van der Waals surface area contributed by atoms with E-state index in [4.69, 9.17) is 33.2 Å². The number of aliphatic hydroxyl groups excluding tert-OH is 3. The van der Waals surface area contributed by atoms with Crippen LogP contribution in [0.25, 0.3) is 11.2 Å². The van der Waals surface area contributed by atoms with Gasteiger partial charge in [-0.1, -0.05) is 12.2 Å². The number of thiocarbonyl (C=S) groups is 1. The second-order valence-electron chi connectivity index (χ2n) is 10.2. The average Bonchev–Trinajstić information content (AvgIpc) is 3.64. The zero-order chi connectivity index (χ0) is 35.2. The summed E-state index contributed by atoms with van der Waals surface area (Å²) in [5, 5.41) is 31.5. The van der Waals surface area contributed by atoms with Crippen molar-refractivity contribution in [3.05, 3.63) is 42.7 Å². The first-order valence-electron chi connectivity index (χ1n) is 13.3. The number of fused-ring (bicyclic) bond motifs is 1. The van der Waals surface area contributed by atoms with E-state index in [1.165, 1.54) is 23.0 Å². The van der Waals surface area contributed by atoms with E-state index in [0.29, 0.717) is 5.56 Å². The third-order valence-corrected chi connectivity index (χ3v) is 10.3. The molecular formula is C21H27N7NaO16P3S. The van der Waals surface area contributed by atoms with Crippen LogP contribution in [0, 0.1) is 0 Å². The number of rotatable bonds is 13. The van der Waals surface area contributed by atoms with Crippen molar-refractivity contribution in [3.8, 4) is 0 Å². The summed E-state index contributed by atoms with van der Waals surface area (Å²) in [5.74, 6) is -0.0692. The van der Waals surface area contributed by atoms with E-state index in [9.17, 15) is 48.6 Å². The predicted octanol–water partition coefficient (Wildman–Crippen LogP) is -6.62. The predicted molar refractivity (Wildman–Crippen MR) is 153 cm³/mol. The molecule has 2 fully saturated rings. The Labute approximate surface area is 302 Å². The van der Waals surface area contributed by atoms with Gasteiger partial charge in [0.2, 0.25) is 0 Å². The van der Waals surface area contributed by atoms with Crippen molar-refractivity contribution in [3.63, 3.8) is 0 Å². The number of nitrogen functional groups attached to an aromatic ring is 1. The monoisotopic (exact) mass is 781 g/mol. The largest absolute Gasteiger partial charge is 1.00 e. The second kappa shape index (κ2) is 15.7. The maximum absolute atomic E-state index is 12.5. The molecule has 0 aromatic carbocycles. The first kappa shape index (κ1) is 40.3. The van der Waals surface area contributed by atoms with Crippen molar-refractivity contribution in [2.75, 3.05) is 18.9 Å². The summed E-state index contributed by atoms with van der Waals surface area (Å²) in [6, 6.07) is 3.11. The van der Waals surface area contributed by atoms with E-state index in [2.05, 4.69) is 32.8 Å². The van der Waals surface area contributed by atoms with Crippen LogP contribution in [0.5, 0.6) is 0 Å². The quantitative estimate of drug-likeness (QED) is 0.0367. The summed E-state index contributed by atoms with van der Waals surface area (Å²) in [5.41, 5.74) is 11.8. The molecule has 0 amide bonds. The first-order chi connectivity index (χ1) is 22.4. The van der Waals surface area contributed by atoms with Crippen LogP contribution >= 0.6 is 35.7 Å². The van der Waals surface area contributed by atoms with E-state index in [0.717, 1.165) is 17.2 Å². The number of anilines is 1. The van der Waals surface area contributed by atoms with E-state index in [1.807, 2.05) is 0 Å². The number of aromatic nitrogens is 5. The molecule has 0 spiro atoms. The second-order valence-corrected chi connectivity index (χ2v) is 14.8. The van der Waals surface area contributed by atoms with E-state index >= 15 is 0 Å². The maximum atomic E-state index is 12.5. The van der Waals surface area contributed by atoms with Crippen molar-refractivity contribution in [2.45, 2.75) is 49.1 Å². The Morgan fingerprint density at radius 1 is 1.04 bits per heavy atom. The minimum absolute atomic E-state index is 0. The molecule has 3 aromatic rings. The summed E-state index contributed by atoms with van der Waals surface area (Å²) in [7, 11) is -16.8. The van der Waals surface area contributed by atoms with E-state index < -0.39 is 85.8 Å². The van der Waals surface area contributed by atoms with Crippen LogP contribution in [-0.2, 0) is 41.1 Å². The van der Waals surface area contributed by atoms with Gasteiger partial charge in [0, 0.05) is 6.07 Å². The summed E-state index contributed by atoms with van der Waals surface area (Å²) in [6.45, 7) is -2.09. The number of aliphatic hydroxyl groups is 3. The fourth-order valence-corrected chi connectivity index (χ4v) is 7.53. The fourth-order valence-electron chi connectivity index (χ4n) is 4.82. The SMILES string of the molecule is NC(=S)c1ccc[n+]([C@@H]2O[C@@H](COP(=O)([O-])OP(=O)(O)OC[C@H]3O[C@@H](n4cnc5c(N)ncnc54)[C@H](OP(=O)([O-])O)[C@H]3O)C(O)C2O)c1.[Na+]. The van der Waals surface area contributed by atoms with Crippen LogP contribution in [0.1, 0.15) is 18.0 Å².